The number of nitrogens with one attached hydrogen (secondary N) is 1. The molecular formula is C19H26FN3O4. The minimum absolute atomic E-state index is 0.0503. The number of carbonyl (C=O) groups is 2. The molecule has 1 aromatic carbocycles. The maximum Gasteiger partial charge on any atom is 0.322 e. The van der Waals surface area contributed by atoms with Crippen LogP contribution in [0.25, 0.3) is 0 Å². The lowest BCUT2D eigenvalue weighted by atomic mass is 10.1. The fourth-order valence-electron chi connectivity index (χ4n) is 3.68. The third-order valence-electron chi connectivity index (χ3n) is 5.10. The predicted octanol–water partition coefficient (Wildman–Crippen LogP) is 2.66. The number of alkyl halides is 1. The Morgan fingerprint density at radius 2 is 1.81 bits per heavy atom. The summed E-state index contributed by atoms with van der Waals surface area (Å²) in [7, 11) is 3.03. The van der Waals surface area contributed by atoms with Crippen molar-refractivity contribution in [1.82, 2.24) is 9.80 Å². The zero-order valence-corrected chi connectivity index (χ0v) is 15.7. The molecule has 7 nitrogen and oxygen atoms in total. The van der Waals surface area contributed by atoms with Gasteiger partial charge in [-0.3, -0.25) is 4.79 Å². The molecule has 0 radical (unpaired) electrons. The first kappa shape index (κ1) is 19.3. The topological polar surface area (TPSA) is 71.1 Å². The van der Waals surface area contributed by atoms with Crippen molar-refractivity contribution in [2.75, 3.05) is 39.2 Å². The van der Waals surface area contributed by atoms with E-state index in [0.29, 0.717) is 30.3 Å². The average Bonchev–Trinajstić information content (AvgIpc) is 3.09. The molecular weight excluding hydrogens is 353 g/mol. The van der Waals surface area contributed by atoms with Crippen molar-refractivity contribution in [3.8, 4) is 11.5 Å². The summed E-state index contributed by atoms with van der Waals surface area (Å²) in [6.45, 7) is 1.28. The molecule has 3 amide bonds. The van der Waals surface area contributed by atoms with Gasteiger partial charge in [0.05, 0.1) is 20.8 Å². The number of urea groups is 1. The van der Waals surface area contributed by atoms with Crippen LogP contribution in [0.3, 0.4) is 0 Å². The number of halogens is 1. The number of hydrogen-bond acceptors (Lipinski definition) is 4. The largest absolute Gasteiger partial charge is 0.493 e. The molecule has 2 aliphatic heterocycles. The summed E-state index contributed by atoms with van der Waals surface area (Å²) in [5.41, 5.74) is 0.490. The molecule has 3 rings (SSSR count). The lowest BCUT2D eigenvalue weighted by Crippen LogP contribution is -2.50. The normalized spacial score (nSPS) is 22.5. The number of anilines is 1. The van der Waals surface area contributed by atoms with Crippen LogP contribution in [0, 0.1) is 0 Å². The van der Waals surface area contributed by atoms with Gasteiger partial charge in [0, 0.05) is 31.3 Å². The second kappa shape index (κ2) is 8.45. The molecule has 1 aromatic rings. The highest BCUT2D eigenvalue weighted by molar-refractivity contribution is 5.94. The summed E-state index contributed by atoms with van der Waals surface area (Å²) >= 11 is 0. The highest BCUT2D eigenvalue weighted by Gasteiger charge is 2.41. The molecule has 148 valence electrons. The van der Waals surface area contributed by atoms with E-state index >= 15 is 0 Å². The van der Waals surface area contributed by atoms with Crippen LogP contribution in [-0.2, 0) is 4.79 Å². The van der Waals surface area contributed by atoms with Crippen LogP contribution >= 0.6 is 0 Å². The van der Waals surface area contributed by atoms with Crippen molar-refractivity contribution in [3.63, 3.8) is 0 Å². The smallest absolute Gasteiger partial charge is 0.322 e. The predicted molar refractivity (Wildman–Crippen MR) is 99.0 cm³/mol. The fourth-order valence-corrected chi connectivity index (χ4v) is 3.68. The first-order valence-electron chi connectivity index (χ1n) is 9.26. The lowest BCUT2D eigenvalue weighted by molar-refractivity contribution is -0.136. The molecule has 1 N–H and O–H groups in total. The SMILES string of the molecule is COc1ccc(NC(=O)N2C[C@@H](F)C[C@H]2C(=O)N2CCCCC2)cc1OC. The Balaban J connectivity index is 1.71. The van der Waals surface area contributed by atoms with Crippen LogP contribution in [-0.4, -0.2) is 67.8 Å². The van der Waals surface area contributed by atoms with Crippen LogP contribution in [0.1, 0.15) is 25.7 Å². The van der Waals surface area contributed by atoms with Gasteiger partial charge in [0.2, 0.25) is 5.91 Å². The van der Waals surface area contributed by atoms with Gasteiger partial charge in [0.1, 0.15) is 12.2 Å². The zero-order valence-electron chi connectivity index (χ0n) is 15.7. The molecule has 2 heterocycles. The van der Waals surface area contributed by atoms with Crippen LogP contribution in [0.2, 0.25) is 0 Å². The Bertz CT molecular complexity index is 694. The summed E-state index contributed by atoms with van der Waals surface area (Å²) in [6.07, 6.45) is 1.86. The van der Waals surface area contributed by atoms with E-state index in [2.05, 4.69) is 5.32 Å². The number of rotatable bonds is 4. The molecule has 8 heteroatoms. The van der Waals surface area contributed by atoms with Crippen LogP contribution in [0.5, 0.6) is 11.5 Å². The van der Waals surface area contributed by atoms with Gasteiger partial charge in [-0.05, 0) is 31.4 Å². The van der Waals surface area contributed by atoms with Crippen molar-refractivity contribution in [2.45, 2.75) is 37.9 Å². The van der Waals surface area contributed by atoms with Crippen LogP contribution < -0.4 is 14.8 Å². The van der Waals surface area contributed by atoms with E-state index in [1.165, 1.54) is 19.1 Å². The first-order valence-corrected chi connectivity index (χ1v) is 9.26. The molecule has 0 saturated carbocycles. The number of hydrogen-bond donors (Lipinski definition) is 1. The number of likely N-dealkylation sites (tertiary alicyclic amines) is 2. The Morgan fingerprint density at radius 1 is 1.11 bits per heavy atom. The third kappa shape index (κ3) is 4.26. The number of carbonyl (C=O) groups excluding carboxylic acids is 2. The van der Waals surface area contributed by atoms with Crippen molar-refractivity contribution in [3.05, 3.63) is 18.2 Å². The first-order chi connectivity index (χ1) is 13.0. The van der Waals surface area contributed by atoms with E-state index in [9.17, 15) is 14.0 Å². The molecule has 27 heavy (non-hydrogen) atoms. The molecule has 2 fully saturated rings. The van der Waals surface area contributed by atoms with Gasteiger partial charge in [-0.25, -0.2) is 9.18 Å². The van der Waals surface area contributed by atoms with E-state index in [-0.39, 0.29) is 18.9 Å². The van der Waals surface area contributed by atoms with Gasteiger partial charge >= 0.3 is 6.03 Å². The van der Waals surface area contributed by atoms with Crippen molar-refractivity contribution >= 4 is 17.6 Å². The van der Waals surface area contributed by atoms with Gasteiger partial charge < -0.3 is 24.6 Å². The number of piperidine rings is 1. The van der Waals surface area contributed by atoms with Gasteiger partial charge in [-0.1, -0.05) is 0 Å². The second-order valence-electron chi connectivity index (χ2n) is 6.89. The summed E-state index contributed by atoms with van der Waals surface area (Å²) in [5, 5.41) is 2.73. The lowest BCUT2D eigenvalue weighted by Gasteiger charge is -2.32. The molecule has 0 aromatic heterocycles. The van der Waals surface area contributed by atoms with E-state index in [4.69, 9.17) is 9.47 Å². The monoisotopic (exact) mass is 379 g/mol. The summed E-state index contributed by atoms with van der Waals surface area (Å²) in [5.74, 6) is 0.858. The molecule has 0 unspecified atom stereocenters. The van der Waals surface area contributed by atoms with Crippen molar-refractivity contribution < 1.29 is 23.5 Å². The number of methoxy groups -OCH3 is 2. The van der Waals surface area contributed by atoms with Crippen LogP contribution in [0.4, 0.5) is 14.9 Å². The van der Waals surface area contributed by atoms with Gasteiger partial charge in [-0.2, -0.15) is 0 Å². The number of ether oxygens (including phenoxy) is 2. The summed E-state index contributed by atoms with van der Waals surface area (Å²) in [6, 6.07) is 3.73. The second-order valence-corrected chi connectivity index (χ2v) is 6.89. The van der Waals surface area contributed by atoms with Gasteiger partial charge in [0.15, 0.2) is 11.5 Å². The quantitative estimate of drug-likeness (QED) is 0.873. The van der Waals surface area contributed by atoms with Crippen molar-refractivity contribution in [1.29, 1.82) is 0 Å². The Morgan fingerprint density at radius 3 is 2.48 bits per heavy atom. The Labute approximate surface area is 158 Å². The minimum Gasteiger partial charge on any atom is -0.493 e. The Hall–Kier alpha value is -2.51. The van der Waals surface area contributed by atoms with E-state index in [1.807, 2.05) is 0 Å². The zero-order chi connectivity index (χ0) is 19.4. The molecule has 0 aliphatic carbocycles. The van der Waals surface area contributed by atoms with E-state index in [0.717, 1.165) is 19.3 Å². The minimum atomic E-state index is -1.19. The average molecular weight is 379 g/mol. The molecule has 0 spiro atoms. The van der Waals surface area contributed by atoms with Gasteiger partial charge in [0.25, 0.3) is 0 Å². The number of amides is 3. The summed E-state index contributed by atoms with van der Waals surface area (Å²) in [4.78, 5) is 28.6. The van der Waals surface area contributed by atoms with Gasteiger partial charge in [-0.15, -0.1) is 0 Å². The maximum absolute atomic E-state index is 14.0. The molecule has 2 atom stereocenters. The number of benzene rings is 1. The molecule has 2 aliphatic rings. The fraction of sp³-hybridized carbons (Fsp3) is 0.579. The third-order valence-corrected chi connectivity index (χ3v) is 5.10. The van der Waals surface area contributed by atoms with E-state index < -0.39 is 18.2 Å². The van der Waals surface area contributed by atoms with Crippen molar-refractivity contribution in [2.24, 2.45) is 0 Å². The standard InChI is InChI=1S/C19H26FN3O4/c1-26-16-7-6-14(11-17(16)27-2)21-19(25)23-12-13(20)10-15(23)18(24)22-8-4-3-5-9-22/h6-7,11,13,15H,3-5,8-10,12H2,1-2H3,(H,21,25)/t13-,15-/m0/s1. The number of nitrogens with zero attached hydrogens (tertiary/aromatic N) is 2. The van der Waals surface area contributed by atoms with Crippen LogP contribution in [0.15, 0.2) is 18.2 Å². The highest BCUT2D eigenvalue weighted by atomic mass is 19.1. The Kier molecular flexibility index (Phi) is 6.03. The molecule has 0 bridgehead atoms. The summed E-state index contributed by atoms with van der Waals surface area (Å²) < 4.78 is 24.4. The molecule has 2 saturated heterocycles. The highest BCUT2D eigenvalue weighted by Crippen LogP contribution is 2.30. The van der Waals surface area contributed by atoms with E-state index in [1.54, 1.807) is 23.1 Å². The maximum atomic E-state index is 14.0.